The molecule has 0 aliphatic rings. The van der Waals surface area contributed by atoms with Crippen molar-refractivity contribution in [3.05, 3.63) is 0 Å². The van der Waals surface area contributed by atoms with Gasteiger partial charge in [-0.15, -0.1) is 0 Å². The van der Waals surface area contributed by atoms with E-state index in [9.17, 15) is 9.59 Å². The SMILES string of the molecule is CCCCCCCCCCCCCCCCCC(=O)OCCCCCCCCC(C)CCCCCCCOC(=O)CCCCCCCCCCCCCCCCC. The summed E-state index contributed by atoms with van der Waals surface area (Å²) in [7, 11) is 0. The number of ether oxygens (including phenoxy) is 2. The van der Waals surface area contributed by atoms with E-state index in [2.05, 4.69) is 20.8 Å². The molecule has 1 atom stereocenters. The van der Waals surface area contributed by atoms with Crippen molar-refractivity contribution < 1.29 is 19.1 Å². The van der Waals surface area contributed by atoms with E-state index in [0.717, 1.165) is 31.6 Å². The van der Waals surface area contributed by atoms with E-state index in [1.165, 1.54) is 250 Å². The maximum Gasteiger partial charge on any atom is 0.305 e. The first-order chi connectivity index (χ1) is 28.1. The van der Waals surface area contributed by atoms with Crippen LogP contribution >= 0.6 is 0 Å². The Bertz CT molecular complexity index is 781. The summed E-state index contributed by atoms with van der Waals surface area (Å²) in [4.78, 5) is 24.1. The topological polar surface area (TPSA) is 52.6 Å². The summed E-state index contributed by atoms with van der Waals surface area (Å²) in [6.07, 6.45) is 58.0. The first-order valence-electron chi connectivity index (χ1n) is 26.4. The molecule has 0 radical (unpaired) electrons. The van der Waals surface area contributed by atoms with E-state index in [-0.39, 0.29) is 11.9 Å². The van der Waals surface area contributed by atoms with Gasteiger partial charge in [-0.25, -0.2) is 0 Å². The first-order valence-corrected chi connectivity index (χ1v) is 26.4. The average molecular weight is 805 g/mol. The molecule has 0 aliphatic carbocycles. The Labute approximate surface area is 358 Å². The second-order valence-corrected chi connectivity index (χ2v) is 18.4. The molecule has 0 fully saturated rings. The van der Waals surface area contributed by atoms with E-state index in [4.69, 9.17) is 9.47 Å². The fourth-order valence-electron chi connectivity index (χ4n) is 8.37. The number of carbonyl (C=O) groups excluding carboxylic acids is 2. The van der Waals surface area contributed by atoms with Gasteiger partial charge in [0.05, 0.1) is 13.2 Å². The minimum absolute atomic E-state index is 0.0138. The second-order valence-electron chi connectivity index (χ2n) is 18.4. The van der Waals surface area contributed by atoms with Gasteiger partial charge >= 0.3 is 11.9 Å². The molecule has 0 N–H and O–H groups in total. The summed E-state index contributed by atoms with van der Waals surface area (Å²) in [5, 5.41) is 0. The van der Waals surface area contributed by atoms with Gasteiger partial charge in [-0.2, -0.15) is 0 Å². The Balaban J connectivity index is 3.29. The summed E-state index contributed by atoms with van der Waals surface area (Å²) in [6, 6.07) is 0. The van der Waals surface area contributed by atoms with Gasteiger partial charge in [-0.1, -0.05) is 271 Å². The van der Waals surface area contributed by atoms with E-state index in [0.29, 0.717) is 26.1 Å². The minimum atomic E-state index is 0.0138. The average Bonchev–Trinajstić information content (AvgIpc) is 3.21. The van der Waals surface area contributed by atoms with Crippen LogP contribution in [-0.2, 0) is 19.1 Å². The molecule has 0 saturated heterocycles. The van der Waals surface area contributed by atoms with Gasteiger partial charge in [-0.3, -0.25) is 9.59 Å². The van der Waals surface area contributed by atoms with Crippen LogP contribution in [0, 0.1) is 5.92 Å². The van der Waals surface area contributed by atoms with E-state index in [1.54, 1.807) is 0 Å². The lowest BCUT2D eigenvalue weighted by Gasteiger charge is -2.11. The van der Waals surface area contributed by atoms with Crippen molar-refractivity contribution in [3.63, 3.8) is 0 Å². The molecule has 0 aromatic rings. The van der Waals surface area contributed by atoms with Crippen LogP contribution in [0.2, 0.25) is 0 Å². The molecule has 0 saturated carbocycles. The number of hydrogen-bond acceptors (Lipinski definition) is 4. The summed E-state index contributed by atoms with van der Waals surface area (Å²) in [5.74, 6) is 0.856. The highest BCUT2D eigenvalue weighted by atomic mass is 16.5. The molecule has 4 heteroatoms. The third-order valence-electron chi connectivity index (χ3n) is 12.4. The van der Waals surface area contributed by atoms with Crippen LogP contribution in [0.5, 0.6) is 0 Å². The molecule has 0 aromatic heterocycles. The highest BCUT2D eigenvalue weighted by Gasteiger charge is 2.06. The number of carbonyl (C=O) groups is 2. The molecule has 1 unspecified atom stereocenters. The van der Waals surface area contributed by atoms with Crippen LogP contribution in [0.1, 0.15) is 310 Å². The van der Waals surface area contributed by atoms with Gasteiger partial charge in [0.1, 0.15) is 0 Å². The van der Waals surface area contributed by atoms with Crippen LogP contribution in [0.4, 0.5) is 0 Å². The third kappa shape index (κ3) is 49.2. The second kappa shape index (κ2) is 49.3. The smallest absolute Gasteiger partial charge is 0.305 e. The zero-order valence-corrected chi connectivity index (χ0v) is 39.4. The highest BCUT2D eigenvalue weighted by Crippen LogP contribution is 2.19. The van der Waals surface area contributed by atoms with Gasteiger partial charge in [-0.05, 0) is 31.6 Å². The molecule has 340 valence electrons. The van der Waals surface area contributed by atoms with Crippen molar-refractivity contribution in [2.24, 2.45) is 5.92 Å². The molecule has 0 aromatic carbocycles. The zero-order valence-electron chi connectivity index (χ0n) is 39.4. The predicted molar refractivity (Wildman–Crippen MR) is 250 cm³/mol. The molecule has 0 heterocycles. The number of rotatable bonds is 49. The third-order valence-corrected chi connectivity index (χ3v) is 12.4. The molecule has 0 spiro atoms. The van der Waals surface area contributed by atoms with Crippen molar-refractivity contribution in [1.82, 2.24) is 0 Å². The molecule has 0 bridgehead atoms. The Morgan fingerprint density at radius 1 is 0.298 bits per heavy atom. The lowest BCUT2D eigenvalue weighted by Crippen LogP contribution is -2.05. The van der Waals surface area contributed by atoms with Crippen LogP contribution < -0.4 is 0 Å². The zero-order chi connectivity index (χ0) is 41.4. The van der Waals surface area contributed by atoms with E-state index < -0.39 is 0 Å². The molecular weight excluding hydrogens is 701 g/mol. The fourth-order valence-corrected chi connectivity index (χ4v) is 8.37. The molecule has 0 rings (SSSR count). The summed E-state index contributed by atoms with van der Waals surface area (Å²) >= 11 is 0. The van der Waals surface area contributed by atoms with Crippen LogP contribution in [0.15, 0.2) is 0 Å². The summed E-state index contributed by atoms with van der Waals surface area (Å²) in [5.41, 5.74) is 0. The normalized spacial score (nSPS) is 12.0. The molecule has 0 aliphatic heterocycles. The van der Waals surface area contributed by atoms with Crippen LogP contribution in [0.25, 0.3) is 0 Å². The highest BCUT2D eigenvalue weighted by molar-refractivity contribution is 5.69. The fraction of sp³-hybridized carbons (Fsp3) is 0.962. The Hall–Kier alpha value is -1.06. The van der Waals surface area contributed by atoms with Gasteiger partial charge in [0.25, 0.3) is 0 Å². The molecule has 57 heavy (non-hydrogen) atoms. The van der Waals surface area contributed by atoms with Gasteiger partial charge in [0, 0.05) is 12.8 Å². The van der Waals surface area contributed by atoms with Gasteiger partial charge < -0.3 is 9.47 Å². The molecular formula is C53H104O4. The monoisotopic (exact) mass is 805 g/mol. The Morgan fingerprint density at radius 2 is 0.509 bits per heavy atom. The van der Waals surface area contributed by atoms with E-state index in [1.807, 2.05) is 0 Å². The van der Waals surface area contributed by atoms with Gasteiger partial charge in [0.2, 0.25) is 0 Å². The quantitative estimate of drug-likeness (QED) is 0.0454. The lowest BCUT2D eigenvalue weighted by atomic mass is 9.96. The van der Waals surface area contributed by atoms with Crippen molar-refractivity contribution in [1.29, 1.82) is 0 Å². The molecule has 4 nitrogen and oxygen atoms in total. The number of unbranched alkanes of at least 4 members (excludes halogenated alkanes) is 37. The molecule has 0 amide bonds. The largest absolute Gasteiger partial charge is 0.466 e. The summed E-state index contributed by atoms with van der Waals surface area (Å²) in [6.45, 7) is 8.22. The maximum absolute atomic E-state index is 12.1. The minimum Gasteiger partial charge on any atom is -0.466 e. The lowest BCUT2D eigenvalue weighted by molar-refractivity contribution is -0.144. The van der Waals surface area contributed by atoms with Crippen molar-refractivity contribution >= 4 is 11.9 Å². The number of hydrogen-bond donors (Lipinski definition) is 0. The predicted octanol–water partition coefficient (Wildman–Crippen LogP) is 18.3. The van der Waals surface area contributed by atoms with Crippen molar-refractivity contribution in [2.75, 3.05) is 13.2 Å². The Kier molecular flexibility index (Phi) is 48.4. The number of esters is 2. The Morgan fingerprint density at radius 3 is 0.772 bits per heavy atom. The maximum atomic E-state index is 12.1. The summed E-state index contributed by atoms with van der Waals surface area (Å²) < 4.78 is 11.0. The van der Waals surface area contributed by atoms with E-state index >= 15 is 0 Å². The van der Waals surface area contributed by atoms with Crippen LogP contribution in [0.3, 0.4) is 0 Å². The van der Waals surface area contributed by atoms with Gasteiger partial charge in [0.15, 0.2) is 0 Å². The van der Waals surface area contributed by atoms with Crippen LogP contribution in [-0.4, -0.2) is 25.2 Å². The standard InChI is InChI=1S/C53H104O4/c1-4-6-8-10-12-14-16-18-20-22-24-26-28-35-41-47-52(54)56-49-43-37-31-30-33-39-45-51(3)46-40-34-32-38-44-50-57-53(55)48-42-36-29-27-25-23-21-19-17-15-13-11-9-7-5-2/h51H,4-50H2,1-3H3. The van der Waals surface area contributed by atoms with Crippen molar-refractivity contribution in [2.45, 2.75) is 310 Å². The van der Waals surface area contributed by atoms with Crippen molar-refractivity contribution in [3.8, 4) is 0 Å². The first kappa shape index (κ1) is 55.9.